The minimum Gasteiger partial charge on any atom is -0.493 e. The van der Waals surface area contributed by atoms with Crippen LogP contribution in [0.15, 0.2) is 16.6 Å². The summed E-state index contributed by atoms with van der Waals surface area (Å²) < 4.78 is 6.42. The molecule has 1 heterocycles. The second kappa shape index (κ2) is 3.61. The lowest BCUT2D eigenvalue weighted by Gasteiger charge is -2.06. The first-order chi connectivity index (χ1) is 6.68. The molecule has 0 saturated heterocycles. The van der Waals surface area contributed by atoms with Gasteiger partial charge in [-0.15, -0.1) is 0 Å². The zero-order chi connectivity index (χ0) is 10.1. The predicted molar refractivity (Wildman–Crippen MR) is 54.7 cm³/mol. The minimum atomic E-state index is -0.829. The van der Waals surface area contributed by atoms with Crippen LogP contribution in [0.3, 0.4) is 0 Å². The average molecular weight is 257 g/mol. The van der Waals surface area contributed by atoms with Gasteiger partial charge in [0.25, 0.3) is 0 Å². The van der Waals surface area contributed by atoms with Gasteiger partial charge in [-0.1, -0.05) is 22.0 Å². The van der Waals surface area contributed by atoms with Crippen molar-refractivity contribution in [3.63, 3.8) is 0 Å². The number of hydrogen-bond donors (Lipinski definition) is 1. The molecular weight excluding hydrogens is 248 g/mol. The van der Waals surface area contributed by atoms with E-state index in [4.69, 9.17) is 9.84 Å². The van der Waals surface area contributed by atoms with E-state index in [1.807, 2.05) is 6.07 Å². The van der Waals surface area contributed by atoms with Crippen molar-refractivity contribution in [3.8, 4) is 5.75 Å². The molecule has 0 bridgehead atoms. The first-order valence-corrected chi connectivity index (χ1v) is 5.12. The van der Waals surface area contributed by atoms with E-state index in [1.165, 1.54) is 0 Å². The number of halogens is 1. The molecule has 1 aliphatic rings. The number of carboxylic acid groups (broad SMARTS) is 1. The summed E-state index contributed by atoms with van der Waals surface area (Å²) in [4.78, 5) is 10.6. The molecule has 3 nitrogen and oxygen atoms in total. The summed E-state index contributed by atoms with van der Waals surface area (Å²) in [7, 11) is 0. The number of carboxylic acids is 1. The van der Waals surface area contributed by atoms with Crippen LogP contribution in [-0.4, -0.2) is 17.7 Å². The van der Waals surface area contributed by atoms with Crippen LogP contribution in [0.1, 0.15) is 11.1 Å². The molecule has 0 amide bonds. The Balaban J connectivity index is 2.43. The summed E-state index contributed by atoms with van der Waals surface area (Å²) >= 11 is 3.42. The zero-order valence-corrected chi connectivity index (χ0v) is 9.00. The number of rotatable bonds is 2. The number of benzene rings is 1. The monoisotopic (exact) mass is 256 g/mol. The number of fused-ring (bicyclic) bond motifs is 1. The lowest BCUT2D eigenvalue weighted by Crippen LogP contribution is -2.02. The summed E-state index contributed by atoms with van der Waals surface area (Å²) in [5.41, 5.74) is 1.84. The minimum absolute atomic E-state index is 0.0234. The normalized spacial score (nSPS) is 13.5. The van der Waals surface area contributed by atoms with Gasteiger partial charge < -0.3 is 9.84 Å². The number of ether oxygens (including phenoxy) is 1. The summed E-state index contributed by atoms with van der Waals surface area (Å²) in [6, 6.07) is 3.67. The van der Waals surface area contributed by atoms with Crippen LogP contribution in [0.25, 0.3) is 0 Å². The molecule has 1 aromatic carbocycles. The van der Waals surface area contributed by atoms with Gasteiger partial charge >= 0.3 is 5.97 Å². The Hall–Kier alpha value is -1.03. The third-order valence-corrected chi connectivity index (χ3v) is 2.97. The molecule has 0 atom stereocenters. The standard InChI is InChI=1S/C10H9BrO3/c11-8-2-1-6(5-9(12)13)10-7(8)3-4-14-10/h1-2H,3-5H2,(H,12,13). The van der Waals surface area contributed by atoms with E-state index in [1.54, 1.807) is 6.07 Å². The quantitative estimate of drug-likeness (QED) is 0.881. The molecule has 0 saturated carbocycles. The average Bonchev–Trinajstić information content (AvgIpc) is 2.58. The highest BCUT2D eigenvalue weighted by atomic mass is 79.9. The van der Waals surface area contributed by atoms with Crippen molar-refractivity contribution in [2.75, 3.05) is 6.61 Å². The Bertz CT molecular complexity index is 387. The largest absolute Gasteiger partial charge is 0.493 e. The third-order valence-electron chi connectivity index (χ3n) is 2.23. The first-order valence-electron chi connectivity index (χ1n) is 4.33. The van der Waals surface area contributed by atoms with Gasteiger partial charge in [-0.3, -0.25) is 4.79 Å². The van der Waals surface area contributed by atoms with E-state index in [2.05, 4.69) is 15.9 Å². The molecule has 14 heavy (non-hydrogen) atoms. The van der Waals surface area contributed by atoms with Crippen LogP contribution >= 0.6 is 15.9 Å². The van der Waals surface area contributed by atoms with Crippen LogP contribution in [0, 0.1) is 0 Å². The molecule has 0 fully saturated rings. The maximum atomic E-state index is 10.6. The van der Waals surface area contributed by atoms with Crippen molar-refractivity contribution in [1.82, 2.24) is 0 Å². The van der Waals surface area contributed by atoms with E-state index < -0.39 is 5.97 Å². The van der Waals surface area contributed by atoms with Gasteiger partial charge in [-0.2, -0.15) is 0 Å². The molecule has 1 N–H and O–H groups in total. The molecular formula is C10H9BrO3. The van der Waals surface area contributed by atoms with E-state index in [0.29, 0.717) is 6.61 Å². The molecule has 2 rings (SSSR count). The highest BCUT2D eigenvalue weighted by Crippen LogP contribution is 2.35. The van der Waals surface area contributed by atoms with Crippen LogP contribution in [0.5, 0.6) is 5.75 Å². The Morgan fingerprint density at radius 2 is 2.36 bits per heavy atom. The Kier molecular flexibility index (Phi) is 2.46. The van der Waals surface area contributed by atoms with E-state index in [0.717, 1.165) is 27.8 Å². The molecule has 0 aliphatic carbocycles. The highest BCUT2D eigenvalue weighted by Gasteiger charge is 2.20. The fourth-order valence-electron chi connectivity index (χ4n) is 1.62. The van der Waals surface area contributed by atoms with Crippen molar-refractivity contribution in [3.05, 3.63) is 27.7 Å². The highest BCUT2D eigenvalue weighted by molar-refractivity contribution is 9.10. The topological polar surface area (TPSA) is 46.5 Å². The van der Waals surface area contributed by atoms with Gasteiger partial charge in [0.05, 0.1) is 13.0 Å². The molecule has 0 aromatic heterocycles. The molecule has 0 spiro atoms. The van der Waals surface area contributed by atoms with E-state index >= 15 is 0 Å². The fourth-order valence-corrected chi connectivity index (χ4v) is 2.13. The summed E-state index contributed by atoms with van der Waals surface area (Å²) in [6.45, 7) is 0.643. The van der Waals surface area contributed by atoms with E-state index in [-0.39, 0.29) is 6.42 Å². The Labute approximate surface area is 89.8 Å². The van der Waals surface area contributed by atoms with Gasteiger partial charge in [0.15, 0.2) is 0 Å². The first kappa shape index (κ1) is 9.52. The van der Waals surface area contributed by atoms with Crippen LogP contribution in [0.2, 0.25) is 0 Å². The summed E-state index contributed by atoms with van der Waals surface area (Å²) in [5, 5.41) is 8.70. The Morgan fingerprint density at radius 1 is 1.57 bits per heavy atom. The van der Waals surface area contributed by atoms with Crippen molar-refractivity contribution in [1.29, 1.82) is 0 Å². The lowest BCUT2D eigenvalue weighted by molar-refractivity contribution is -0.136. The van der Waals surface area contributed by atoms with Crippen LogP contribution in [0.4, 0.5) is 0 Å². The number of aliphatic carboxylic acids is 1. The van der Waals surface area contributed by atoms with Crippen LogP contribution < -0.4 is 4.74 Å². The fraction of sp³-hybridized carbons (Fsp3) is 0.300. The molecule has 74 valence electrons. The molecule has 1 aliphatic heterocycles. The Morgan fingerprint density at radius 3 is 3.07 bits per heavy atom. The van der Waals surface area contributed by atoms with Gasteiger partial charge in [0.2, 0.25) is 0 Å². The van der Waals surface area contributed by atoms with Crippen molar-refractivity contribution < 1.29 is 14.6 Å². The van der Waals surface area contributed by atoms with Gasteiger partial charge in [0, 0.05) is 22.0 Å². The summed E-state index contributed by atoms with van der Waals surface area (Å²) in [5.74, 6) is -0.0770. The van der Waals surface area contributed by atoms with E-state index in [9.17, 15) is 4.79 Å². The van der Waals surface area contributed by atoms with Crippen LogP contribution in [-0.2, 0) is 17.6 Å². The van der Waals surface area contributed by atoms with Crippen molar-refractivity contribution in [2.45, 2.75) is 12.8 Å². The maximum absolute atomic E-state index is 10.6. The van der Waals surface area contributed by atoms with Crippen molar-refractivity contribution in [2.24, 2.45) is 0 Å². The molecule has 0 radical (unpaired) electrons. The third kappa shape index (κ3) is 1.62. The number of hydrogen-bond acceptors (Lipinski definition) is 2. The molecule has 4 heteroatoms. The predicted octanol–water partition coefficient (Wildman–Crippen LogP) is 2.01. The lowest BCUT2D eigenvalue weighted by atomic mass is 10.1. The second-order valence-electron chi connectivity index (χ2n) is 3.18. The molecule has 1 aromatic rings. The SMILES string of the molecule is O=C(O)Cc1ccc(Br)c2c1OCC2. The molecule has 0 unspecified atom stereocenters. The smallest absolute Gasteiger partial charge is 0.307 e. The summed E-state index contributed by atoms with van der Waals surface area (Å²) in [6.07, 6.45) is 0.874. The number of carbonyl (C=O) groups is 1. The van der Waals surface area contributed by atoms with Gasteiger partial charge in [-0.25, -0.2) is 0 Å². The van der Waals surface area contributed by atoms with Gasteiger partial charge in [0.1, 0.15) is 5.75 Å². The van der Waals surface area contributed by atoms with Gasteiger partial charge in [-0.05, 0) is 6.07 Å². The zero-order valence-electron chi connectivity index (χ0n) is 7.42. The second-order valence-corrected chi connectivity index (χ2v) is 4.04. The van der Waals surface area contributed by atoms with Crippen molar-refractivity contribution >= 4 is 21.9 Å². The maximum Gasteiger partial charge on any atom is 0.307 e.